The van der Waals surface area contributed by atoms with Crippen LogP contribution in [0.2, 0.25) is 17.3 Å². The Morgan fingerprint density at radius 2 is 1.61 bits per heavy atom. The summed E-state index contributed by atoms with van der Waals surface area (Å²) in [6.45, 7) is 3.91. The molecule has 1 aliphatic carbocycles. The first-order valence-electron chi connectivity index (χ1n) is 16.4. The van der Waals surface area contributed by atoms with Crippen LogP contribution in [0.4, 0.5) is 4.39 Å². The third-order valence-electron chi connectivity index (χ3n) is 8.74. The first-order valence-corrected chi connectivity index (χ1v) is 23.3. The summed E-state index contributed by atoms with van der Waals surface area (Å²) in [4.78, 5) is 8.94. The number of benzene rings is 3. The molecule has 1 fully saturated rings. The van der Waals surface area contributed by atoms with E-state index in [2.05, 4.69) is 51.5 Å². The Hall–Kier alpha value is -3.12. The number of nitrogens with zero attached hydrogens (tertiary/aromatic N) is 2. The van der Waals surface area contributed by atoms with Crippen molar-refractivity contribution in [1.82, 2.24) is 9.97 Å². The van der Waals surface area contributed by atoms with Crippen molar-refractivity contribution in [2.75, 3.05) is 0 Å². The summed E-state index contributed by atoms with van der Waals surface area (Å²) in [5.41, 5.74) is 7.11. The largest absolute Gasteiger partial charge is 0 e. The Balaban J connectivity index is 0.000000188. The van der Waals surface area contributed by atoms with Crippen molar-refractivity contribution in [2.45, 2.75) is 69.1 Å². The predicted molar refractivity (Wildman–Crippen MR) is 187 cm³/mol. The molecule has 0 saturated heterocycles. The number of furan rings is 1. The van der Waals surface area contributed by atoms with Gasteiger partial charge in [-0.2, -0.15) is 0 Å². The van der Waals surface area contributed by atoms with Gasteiger partial charge >= 0.3 is 120 Å². The van der Waals surface area contributed by atoms with Gasteiger partial charge in [0.05, 0.1) is 11.8 Å². The average Bonchev–Trinajstić information content (AvgIpc) is 3.69. The van der Waals surface area contributed by atoms with E-state index in [-0.39, 0.29) is 25.9 Å². The summed E-state index contributed by atoms with van der Waals surface area (Å²) in [6, 6.07) is 30.2. The maximum Gasteiger partial charge on any atom is 0 e. The van der Waals surface area contributed by atoms with Crippen molar-refractivity contribution in [1.29, 1.82) is 0 Å². The van der Waals surface area contributed by atoms with Gasteiger partial charge in [0.1, 0.15) is 11.4 Å². The number of rotatable bonds is 6. The van der Waals surface area contributed by atoms with E-state index >= 15 is 0 Å². The first-order chi connectivity index (χ1) is 22.0. The van der Waals surface area contributed by atoms with Crippen molar-refractivity contribution in [3.8, 4) is 22.5 Å². The summed E-state index contributed by atoms with van der Waals surface area (Å²) in [6.07, 6.45) is 9.10. The molecule has 239 valence electrons. The molecule has 0 N–H and O–H groups in total. The third kappa shape index (κ3) is 7.70. The van der Waals surface area contributed by atoms with Gasteiger partial charge in [0.15, 0.2) is 0 Å². The topological polar surface area (TPSA) is 38.9 Å². The van der Waals surface area contributed by atoms with Crippen LogP contribution in [-0.2, 0) is 26.5 Å². The van der Waals surface area contributed by atoms with Crippen molar-refractivity contribution in [3.05, 3.63) is 114 Å². The average molecular weight is 851 g/mol. The fraction of sp³-hybridized carbons (Fsp3) is 0.300. The smallest absolute Gasteiger partial charge is 0 e. The predicted octanol–water partition coefficient (Wildman–Crippen LogP) is 10.5. The second kappa shape index (κ2) is 14.8. The molecule has 3 aromatic heterocycles. The van der Waals surface area contributed by atoms with Gasteiger partial charge in [0.2, 0.25) is 0 Å². The van der Waals surface area contributed by atoms with Crippen LogP contribution in [0.3, 0.4) is 0 Å². The molecule has 0 bridgehead atoms. The second-order valence-electron chi connectivity index (χ2n) is 13.4. The molecule has 0 amide bonds. The molecule has 1 radical (unpaired) electrons. The van der Waals surface area contributed by atoms with E-state index in [9.17, 15) is 4.39 Å². The Kier molecular flexibility index (Phi) is 10.5. The zero-order valence-electron chi connectivity index (χ0n) is 28.2. The van der Waals surface area contributed by atoms with Gasteiger partial charge in [-0.05, 0) is 29.7 Å². The Bertz CT molecular complexity index is 1970. The van der Waals surface area contributed by atoms with Gasteiger partial charge in [0.25, 0.3) is 0 Å². The molecule has 0 aliphatic heterocycles. The molecule has 3 nitrogen and oxygen atoms in total. The van der Waals surface area contributed by atoms with E-state index < -0.39 is 19.2 Å². The van der Waals surface area contributed by atoms with Gasteiger partial charge in [-0.15, -0.1) is 23.8 Å². The molecule has 6 aromatic rings. The zero-order chi connectivity index (χ0) is 32.5. The maximum atomic E-state index is 14.3. The quantitative estimate of drug-likeness (QED) is 0.124. The van der Waals surface area contributed by atoms with E-state index in [0.717, 1.165) is 62.0 Å². The summed E-state index contributed by atoms with van der Waals surface area (Å²) >= 11 is -2.03. The summed E-state index contributed by atoms with van der Waals surface area (Å²) in [5.74, 6) is 6.85. The molecule has 0 unspecified atom stereocenters. The summed E-state index contributed by atoms with van der Waals surface area (Å²) in [5, 5.41) is 2.11. The van der Waals surface area contributed by atoms with Crippen LogP contribution >= 0.6 is 0 Å². The van der Waals surface area contributed by atoms with Crippen LogP contribution < -0.4 is 4.40 Å². The first kappa shape index (κ1) is 32.8. The molecular formula is C40H41FGeIrN2O-2. The van der Waals surface area contributed by atoms with Gasteiger partial charge in [-0.1, -0.05) is 55.3 Å². The standard InChI is InChI=1S/C23H19FNO.C17H22GeN.Ir/c24-20-14-25-21(13-17(20)11-15-5-1-2-6-15)16-9-10-23-19(12-16)18-7-3-4-8-22(18)26-23;1-13(2)15-11-17(14-9-7-6-8-10-14)19-12-16(15)18(3,4)5;/h3-4,7-8,10,12-15H,1-2,5-6,11H2;6-9,11-13H,1-5H3;/q2*-1;/i;13D;. The molecule has 1 aliphatic rings. The second-order valence-corrected chi connectivity index (χ2v) is 24.0. The van der Waals surface area contributed by atoms with E-state index in [4.69, 9.17) is 5.79 Å². The number of pyridine rings is 2. The number of halogens is 1. The van der Waals surface area contributed by atoms with E-state index in [1.807, 2.05) is 80.7 Å². The molecule has 6 heteroatoms. The molecular weight excluding hydrogens is 808 g/mol. The van der Waals surface area contributed by atoms with E-state index in [0.29, 0.717) is 5.92 Å². The summed E-state index contributed by atoms with van der Waals surface area (Å²) < 4.78 is 29.9. The van der Waals surface area contributed by atoms with Crippen LogP contribution in [0.1, 0.15) is 57.9 Å². The number of hydrogen-bond acceptors (Lipinski definition) is 3. The Morgan fingerprint density at radius 1 is 0.891 bits per heavy atom. The van der Waals surface area contributed by atoms with Crippen LogP contribution in [-0.4, -0.2) is 23.2 Å². The number of fused-ring (bicyclic) bond motifs is 3. The molecule has 7 rings (SSSR count). The van der Waals surface area contributed by atoms with E-state index in [1.54, 1.807) is 0 Å². The normalized spacial score (nSPS) is 14.1. The Labute approximate surface area is 290 Å². The van der Waals surface area contributed by atoms with Crippen molar-refractivity contribution in [3.63, 3.8) is 0 Å². The van der Waals surface area contributed by atoms with Gasteiger partial charge < -0.3 is 9.40 Å². The molecule has 0 spiro atoms. The van der Waals surface area contributed by atoms with Gasteiger partial charge in [-0.25, -0.2) is 4.39 Å². The van der Waals surface area contributed by atoms with Crippen LogP contribution in [0.25, 0.3) is 44.5 Å². The summed E-state index contributed by atoms with van der Waals surface area (Å²) in [7, 11) is 0. The third-order valence-corrected chi connectivity index (χ3v) is 13.0. The minimum absolute atomic E-state index is 0. The number of hydrogen-bond donors (Lipinski definition) is 0. The van der Waals surface area contributed by atoms with Crippen LogP contribution in [0.15, 0.2) is 89.6 Å². The zero-order valence-corrected chi connectivity index (χ0v) is 31.7. The Morgan fingerprint density at radius 3 is 2.33 bits per heavy atom. The van der Waals surface area contributed by atoms with Gasteiger partial charge in [0, 0.05) is 25.5 Å². The minimum atomic E-state index is -2.03. The fourth-order valence-electron chi connectivity index (χ4n) is 6.29. The van der Waals surface area contributed by atoms with Crippen molar-refractivity contribution < 1.29 is 30.3 Å². The van der Waals surface area contributed by atoms with Gasteiger partial charge in [-0.3, -0.25) is 0 Å². The molecule has 3 aromatic carbocycles. The molecule has 0 atom stereocenters. The van der Waals surface area contributed by atoms with Crippen LogP contribution in [0, 0.1) is 23.9 Å². The minimum Gasteiger partial charge on any atom is 0 e. The number of aromatic nitrogens is 2. The fourth-order valence-corrected chi connectivity index (χ4v) is 9.61. The molecule has 1 saturated carbocycles. The molecule has 46 heavy (non-hydrogen) atoms. The van der Waals surface area contributed by atoms with E-state index in [1.165, 1.54) is 36.3 Å². The SMILES string of the molecule is Fc1cnc(-c2[c-]cc3oc4ccccc4c3c2)cc1CC1CCCC1.[2H]C(C)(C)c1cc(-c2[c-]cccc2)nc[c]1[Ge]([CH3])([CH3])[CH3].[Ir]. The van der Waals surface area contributed by atoms with Crippen LogP contribution in [0.5, 0.6) is 0 Å². The van der Waals surface area contributed by atoms with Crippen molar-refractivity contribution in [2.24, 2.45) is 5.92 Å². The molecule has 3 heterocycles. The maximum absolute atomic E-state index is 14.3. The van der Waals surface area contributed by atoms with Crippen molar-refractivity contribution >= 4 is 39.6 Å². The number of para-hydroxylation sites is 1. The monoisotopic (exact) mass is 852 g/mol.